The van der Waals surface area contributed by atoms with Crippen LogP contribution in [0.4, 0.5) is 0 Å². The van der Waals surface area contributed by atoms with Crippen LogP contribution in [-0.4, -0.2) is 38.2 Å². The Morgan fingerprint density at radius 1 is 1.25 bits per heavy atom. The molecule has 0 fully saturated rings. The van der Waals surface area contributed by atoms with E-state index < -0.39 is 11.5 Å². The molecular weight excluding hydrogens is 260 g/mol. The first-order chi connectivity index (χ1) is 9.46. The smallest absolute Gasteiger partial charge is 0.333 e. The zero-order valence-electron chi connectivity index (χ0n) is 11.9. The molecule has 0 spiro atoms. The molecular formula is C14H20N2O4. The number of carbonyl (C=O) groups excluding carboxylic acids is 2. The molecule has 0 aliphatic heterocycles. The summed E-state index contributed by atoms with van der Waals surface area (Å²) in [6, 6.07) is 6.84. The van der Waals surface area contributed by atoms with Gasteiger partial charge in [-0.1, -0.05) is 12.1 Å². The van der Waals surface area contributed by atoms with E-state index >= 15 is 0 Å². The predicted molar refractivity (Wildman–Crippen MR) is 74.1 cm³/mol. The molecule has 0 aliphatic carbocycles. The van der Waals surface area contributed by atoms with E-state index in [0.29, 0.717) is 12.1 Å². The van der Waals surface area contributed by atoms with Crippen LogP contribution in [0.2, 0.25) is 0 Å². The molecule has 1 atom stereocenters. The number of methoxy groups -OCH3 is 2. The molecule has 0 radical (unpaired) electrons. The van der Waals surface area contributed by atoms with E-state index in [-0.39, 0.29) is 12.5 Å². The zero-order chi connectivity index (χ0) is 15.2. The topological polar surface area (TPSA) is 90.6 Å². The van der Waals surface area contributed by atoms with E-state index in [1.807, 2.05) is 0 Å². The highest BCUT2D eigenvalue weighted by Crippen LogP contribution is 2.10. The van der Waals surface area contributed by atoms with Gasteiger partial charge >= 0.3 is 5.97 Å². The molecule has 0 saturated heterocycles. The summed E-state index contributed by atoms with van der Waals surface area (Å²) in [5.41, 5.74) is 5.63. The van der Waals surface area contributed by atoms with Crippen molar-refractivity contribution >= 4 is 11.9 Å². The van der Waals surface area contributed by atoms with E-state index in [0.717, 1.165) is 5.56 Å². The molecule has 1 aromatic rings. The van der Waals surface area contributed by atoms with Gasteiger partial charge in [0.1, 0.15) is 0 Å². The largest absolute Gasteiger partial charge is 0.467 e. The second kappa shape index (κ2) is 7.02. The summed E-state index contributed by atoms with van der Waals surface area (Å²) in [6.07, 6.45) is 0. The summed E-state index contributed by atoms with van der Waals surface area (Å²) in [5.74, 6) is -0.940. The van der Waals surface area contributed by atoms with Gasteiger partial charge in [0.2, 0.25) is 0 Å². The first kappa shape index (κ1) is 16.1. The third-order valence-electron chi connectivity index (χ3n) is 2.91. The minimum atomic E-state index is -1.23. The van der Waals surface area contributed by atoms with Crippen molar-refractivity contribution in [3.05, 3.63) is 35.4 Å². The van der Waals surface area contributed by atoms with Gasteiger partial charge in [-0.3, -0.25) is 4.79 Å². The van der Waals surface area contributed by atoms with Crippen molar-refractivity contribution in [1.29, 1.82) is 0 Å². The molecule has 3 N–H and O–H groups in total. The van der Waals surface area contributed by atoms with Crippen molar-refractivity contribution < 1.29 is 19.1 Å². The fourth-order valence-corrected chi connectivity index (χ4v) is 1.77. The second-order valence-electron chi connectivity index (χ2n) is 4.61. The Morgan fingerprint density at radius 3 is 2.30 bits per heavy atom. The quantitative estimate of drug-likeness (QED) is 0.738. The molecule has 6 heteroatoms. The van der Waals surface area contributed by atoms with E-state index in [4.69, 9.17) is 15.2 Å². The first-order valence-corrected chi connectivity index (χ1v) is 6.15. The SMILES string of the molecule is COCC(C)(NC(=O)c1ccc(CN)cc1)C(=O)OC. The molecule has 6 nitrogen and oxygen atoms in total. The van der Waals surface area contributed by atoms with Crippen LogP contribution in [0.25, 0.3) is 0 Å². The lowest BCUT2D eigenvalue weighted by atomic mass is 10.0. The van der Waals surface area contributed by atoms with Gasteiger partial charge in [0.15, 0.2) is 5.54 Å². The van der Waals surface area contributed by atoms with Gasteiger partial charge in [0.05, 0.1) is 13.7 Å². The van der Waals surface area contributed by atoms with Crippen LogP contribution in [0.15, 0.2) is 24.3 Å². The average molecular weight is 280 g/mol. The molecule has 0 aromatic heterocycles. The monoisotopic (exact) mass is 280 g/mol. The Hall–Kier alpha value is -1.92. The van der Waals surface area contributed by atoms with Gasteiger partial charge in [-0.25, -0.2) is 4.79 Å². The first-order valence-electron chi connectivity index (χ1n) is 6.15. The number of hydrogen-bond donors (Lipinski definition) is 2. The van der Waals surface area contributed by atoms with Crippen LogP contribution in [0, 0.1) is 0 Å². The summed E-state index contributed by atoms with van der Waals surface area (Å²) >= 11 is 0. The maximum absolute atomic E-state index is 12.1. The highest BCUT2D eigenvalue weighted by Gasteiger charge is 2.36. The normalized spacial score (nSPS) is 13.4. The number of benzene rings is 1. The third kappa shape index (κ3) is 3.79. The highest BCUT2D eigenvalue weighted by molar-refractivity contribution is 5.98. The van der Waals surface area contributed by atoms with Crippen LogP contribution in [0.3, 0.4) is 0 Å². The van der Waals surface area contributed by atoms with Crippen molar-refractivity contribution in [2.24, 2.45) is 5.73 Å². The molecule has 1 aromatic carbocycles. The van der Waals surface area contributed by atoms with E-state index in [2.05, 4.69) is 5.32 Å². The molecule has 1 rings (SSSR count). The van der Waals surface area contributed by atoms with Crippen LogP contribution in [-0.2, 0) is 20.8 Å². The van der Waals surface area contributed by atoms with Crippen molar-refractivity contribution in [3.63, 3.8) is 0 Å². The molecule has 110 valence electrons. The fraction of sp³-hybridized carbons (Fsp3) is 0.429. The Labute approximate surface area is 118 Å². The van der Waals surface area contributed by atoms with Crippen molar-refractivity contribution in [2.75, 3.05) is 20.8 Å². The fourth-order valence-electron chi connectivity index (χ4n) is 1.77. The molecule has 20 heavy (non-hydrogen) atoms. The number of nitrogens with two attached hydrogens (primary N) is 1. The van der Waals surface area contributed by atoms with Gasteiger partial charge in [0.25, 0.3) is 5.91 Å². The Bertz CT molecular complexity index is 473. The standard InChI is InChI=1S/C14H20N2O4/c1-14(9-19-2,13(18)20-3)16-12(17)11-6-4-10(8-15)5-7-11/h4-7H,8-9,15H2,1-3H3,(H,16,17). The lowest BCUT2D eigenvalue weighted by Crippen LogP contribution is -2.55. The second-order valence-corrected chi connectivity index (χ2v) is 4.61. The van der Waals surface area contributed by atoms with Gasteiger partial charge in [0, 0.05) is 19.2 Å². The highest BCUT2D eigenvalue weighted by atomic mass is 16.5. The Balaban J connectivity index is 2.87. The number of rotatable bonds is 6. The molecule has 0 heterocycles. The molecule has 0 bridgehead atoms. The zero-order valence-corrected chi connectivity index (χ0v) is 11.9. The van der Waals surface area contributed by atoms with Crippen LogP contribution in [0.5, 0.6) is 0 Å². The summed E-state index contributed by atoms with van der Waals surface area (Å²) in [5, 5.41) is 2.63. The van der Waals surface area contributed by atoms with Gasteiger partial charge in [-0.05, 0) is 24.6 Å². The van der Waals surface area contributed by atoms with Crippen molar-refractivity contribution in [3.8, 4) is 0 Å². The van der Waals surface area contributed by atoms with Crippen LogP contribution in [0.1, 0.15) is 22.8 Å². The Kier molecular flexibility index (Phi) is 5.66. The maximum atomic E-state index is 12.1. The summed E-state index contributed by atoms with van der Waals surface area (Å²) in [7, 11) is 2.71. The lowest BCUT2D eigenvalue weighted by molar-refractivity contribution is -0.149. The van der Waals surface area contributed by atoms with Gasteiger partial charge < -0.3 is 20.5 Å². The van der Waals surface area contributed by atoms with E-state index in [1.165, 1.54) is 14.2 Å². The van der Waals surface area contributed by atoms with Gasteiger partial charge in [-0.2, -0.15) is 0 Å². The maximum Gasteiger partial charge on any atom is 0.333 e. The minimum Gasteiger partial charge on any atom is -0.467 e. The van der Waals surface area contributed by atoms with Crippen LogP contribution >= 0.6 is 0 Å². The number of esters is 1. The third-order valence-corrected chi connectivity index (χ3v) is 2.91. The molecule has 1 unspecified atom stereocenters. The minimum absolute atomic E-state index is 0.0201. The van der Waals surface area contributed by atoms with E-state index in [9.17, 15) is 9.59 Å². The van der Waals surface area contributed by atoms with Crippen molar-refractivity contribution in [1.82, 2.24) is 5.32 Å². The number of hydrogen-bond acceptors (Lipinski definition) is 5. The number of nitrogens with one attached hydrogen (secondary N) is 1. The summed E-state index contributed by atoms with van der Waals surface area (Å²) < 4.78 is 9.66. The summed E-state index contributed by atoms with van der Waals surface area (Å²) in [4.78, 5) is 23.9. The molecule has 0 aliphatic rings. The summed E-state index contributed by atoms with van der Waals surface area (Å²) in [6.45, 7) is 1.98. The van der Waals surface area contributed by atoms with Crippen molar-refractivity contribution in [2.45, 2.75) is 19.0 Å². The number of amides is 1. The number of carbonyl (C=O) groups is 2. The number of ether oxygens (including phenoxy) is 2. The van der Waals surface area contributed by atoms with E-state index in [1.54, 1.807) is 31.2 Å². The van der Waals surface area contributed by atoms with Gasteiger partial charge in [-0.15, -0.1) is 0 Å². The predicted octanol–water partition coefficient (Wildman–Crippen LogP) is 0.453. The molecule has 0 saturated carbocycles. The Morgan fingerprint density at radius 2 is 1.85 bits per heavy atom. The van der Waals surface area contributed by atoms with Crippen LogP contribution < -0.4 is 11.1 Å². The molecule has 1 amide bonds. The average Bonchev–Trinajstić information content (AvgIpc) is 2.46. The lowest BCUT2D eigenvalue weighted by Gasteiger charge is -2.27.